The van der Waals surface area contributed by atoms with E-state index in [0.29, 0.717) is 31.5 Å². The topological polar surface area (TPSA) is 87.7 Å². The van der Waals surface area contributed by atoms with Crippen LogP contribution in [0.2, 0.25) is 0 Å². The van der Waals surface area contributed by atoms with E-state index in [1.165, 1.54) is 7.11 Å². The second-order valence-corrected chi connectivity index (χ2v) is 8.46. The Morgan fingerprint density at radius 2 is 1.73 bits per heavy atom. The maximum absolute atomic E-state index is 13.1. The van der Waals surface area contributed by atoms with Gasteiger partial charge in [-0.1, -0.05) is 32.0 Å². The largest absolute Gasteiger partial charge is 0.375 e. The van der Waals surface area contributed by atoms with Crippen molar-refractivity contribution in [3.8, 4) is 0 Å². The molecule has 1 aromatic rings. The molecule has 2 atom stereocenters. The van der Waals surface area contributed by atoms with Crippen LogP contribution in [0.4, 0.5) is 0 Å². The number of likely N-dealkylation sites (tertiary alicyclic amines) is 1. The quantitative estimate of drug-likeness (QED) is 0.678. The average Bonchev–Trinajstić information content (AvgIpc) is 2.72. The van der Waals surface area contributed by atoms with Crippen molar-refractivity contribution in [2.45, 2.75) is 52.6 Å². The maximum atomic E-state index is 13.1. The van der Waals surface area contributed by atoms with Crippen LogP contribution in [0, 0.1) is 18.8 Å². The summed E-state index contributed by atoms with van der Waals surface area (Å²) >= 11 is 0. The van der Waals surface area contributed by atoms with E-state index in [0.717, 1.165) is 5.56 Å². The molecular formula is C23H35N3O4. The summed E-state index contributed by atoms with van der Waals surface area (Å²) in [6.45, 7) is 9.11. The van der Waals surface area contributed by atoms with Crippen LogP contribution in [0.3, 0.4) is 0 Å². The van der Waals surface area contributed by atoms with Crippen LogP contribution in [0.5, 0.6) is 0 Å². The molecule has 1 aliphatic rings. The number of nitrogens with one attached hydrogen (secondary N) is 2. The molecule has 0 aliphatic carbocycles. The zero-order valence-electron chi connectivity index (χ0n) is 18.7. The number of benzene rings is 1. The summed E-state index contributed by atoms with van der Waals surface area (Å²) in [6, 6.07) is 6.70. The molecule has 1 aromatic carbocycles. The molecule has 0 bridgehead atoms. The lowest BCUT2D eigenvalue weighted by molar-refractivity contribution is -0.136. The van der Waals surface area contributed by atoms with E-state index in [2.05, 4.69) is 10.6 Å². The molecule has 3 amide bonds. The molecule has 0 spiro atoms. The van der Waals surface area contributed by atoms with Crippen LogP contribution in [0.15, 0.2) is 24.3 Å². The molecule has 7 heteroatoms. The predicted molar refractivity (Wildman–Crippen MR) is 116 cm³/mol. The smallest absolute Gasteiger partial charge is 0.252 e. The Balaban J connectivity index is 2.13. The number of ether oxygens (including phenoxy) is 1. The van der Waals surface area contributed by atoms with Gasteiger partial charge in [-0.3, -0.25) is 14.4 Å². The third kappa shape index (κ3) is 6.29. The summed E-state index contributed by atoms with van der Waals surface area (Å²) in [5.41, 5.74) is 1.43. The number of methoxy groups -OCH3 is 1. The fourth-order valence-electron chi connectivity index (χ4n) is 3.62. The fourth-order valence-corrected chi connectivity index (χ4v) is 3.62. The van der Waals surface area contributed by atoms with Crippen molar-refractivity contribution in [1.82, 2.24) is 15.5 Å². The fraction of sp³-hybridized carbons (Fsp3) is 0.609. The van der Waals surface area contributed by atoms with E-state index >= 15 is 0 Å². The second-order valence-electron chi connectivity index (χ2n) is 8.46. The molecule has 0 radical (unpaired) electrons. The highest BCUT2D eigenvalue weighted by Gasteiger charge is 2.34. The minimum Gasteiger partial charge on any atom is -0.375 e. The summed E-state index contributed by atoms with van der Waals surface area (Å²) < 4.78 is 4.94. The van der Waals surface area contributed by atoms with Crippen molar-refractivity contribution in [2.24, 2.45) is 11.8 Å². The number of hydrogen-bond acceptors (Lipinski definition) is 4. The van der Waals surface area contributed by atoms with Crippen LogP contribution in [0.1, 0.15) is 49.5 Å². The third-order valence-corrected chi connectivity index (χ3v) is 5.96. The molecule has 7 nitrogen and oxygen atoms in total. The van der Waals surface area contributed by atoms with Gasteiger partial charge in [-0.05, 0) is 50.2 Å². The van der Waals surface area contributed by atoms with Gasteiger partial charge in [-0.25, -0.2) is 0 Å². The molecular weight excluding hydrogens is 382 g/mol. The summed E-state index contributed by atoms with van der Waals surface area (Å²) in [5, 5.41) is 6.03. The Hall–Kier alpha value is -2.41. The van der Waals surface area contributed by atoms with Gasteiger partial charge in [0, 0.05) is 31.8 Å². The van der Waals surface area contributed by atoms with E-state index < -0.39 is 6.04 Å². The SMILES string of the molecule is COCC(=O)N1CCC([C@H](NC(=O)c2ccccc2C)C(=O)N[C@H](C)C(C)C)CC1. The molecule has 30 heavy (non-hydrogen) atoms. The van der Waals surface area contributed by atoms with Crippen LogP contribution >= 0.6 is 0 Å². The Morgan fingerprint density at radius 1 is 1.10 bits per heavy atom. The van der Waals surface area contributed by atoms with Crippen LogP contribution < -0.4 is 10.6 Å². The first-order valence-corrected chi connectivity index (χ1v) is 10.7. The summed E-state index contributed by atoms with van der Waals surface area (Å²) in [5.74, 6) is -0.212. The molecule has 0 aromatic heterocycles. The first kappa shape index (κ1) is 23.9. The van der Waals surface area contributed by atoms with Crippen molar-refractivity contribution < 1.29 is 19.1 Å². The molecule has 0 unspecified atom stereocenters. The van der Waals surface area contributed by atoms with Gasteiger partial charge in [0.1, 0.15) is 12.6 Å². The van der Waals surface area contributed by atoms with Gasteiger partial charge < -0.3 is 20.3 Å². The molecule has 1 fully saturated rings. The van der Waals surface area contributed by atoms with E-state index in [1.54, 1.807) is 11.0 Å². The number of carbonyl (C=O) groups is 3. The number of nitrogens with zero attached hydrogens (tertiary/aromatic N) is 1. The lowest BCUT2D eigenvalue weighted by atomic mass is 9.88. The lowest BCUT2D eigenvalue weighted by Crippen LogP contribution is -2.55. The van der Waals surface area contributed by atoms with Gasteiger partial charge >= 0.3 is 0 Å². The zero-order valence-corrected chi connectivity index (χ0v) is 18.7. The van der Waals surface area contributed by atoms with Gasteiger partial charge in [-0.2, -0.15) is 0 Å². The van der Waals surface area contributed by atoms with Gasteiger partial charge in [-0.15, -0.1) is 0 Å². The summed E-state index contributed by atoms with van der Waals surface area (Å²) in [4.78, 5) is 39.9. The normalized spacial score (nSPS) is 16.8. The zero-order chi connectivity index (χ0) is 22.3. The monoisotopic (exact) mass is 417 g/mol. The lowest BCUT2D eigenvalue weighted by Gasteiger charge is -2.36. The molecule has 1 heterocycles. The second kappa shape index (κ2) is 11.1. The minimum absolute atomic E-state index is 0.00117. The van der Waals surface area contributed by atoms with Gasteiger partial charge in [0.25, 0.3) is 5.91 Å². The van der Waals surface area contributed by atoms with Gasteiger partial charge in [0.05, 0.1) is 0 Å². The Kier molecular flexibility index (Phi) is 8.84. The minimum atomic E-state index is -0.641. The number of piperidine rings is 1. The van der Waals surface area contributed by atoms with Gasteiger partial charge in [0.2, 0.25) is 11.8 Å². The Labute approximate surface area is 179 Å². The first-order chi connectivity index (χ1) is 14.2. The number of amides is 3. The van der Waals surface area contributed by atoms with Crippen molar-refractivity contribution >= 4 is 17.7 Å². The predicted octanol–water partition coefficient (Wildman–Crippen LogP) is 2.14. The van der Waals surface area contributed by atoms with Crippen molar-refractivity contribution in [1.29, 1.82) is 0 Å². The highest BCUT2D eigenvalue weighted by atomic mass is 16.5. The first-order valence-electron chi connectivity index (χ1n) is 10.7. The third-order valence-electron chi connectivity index (χ3n) is 5.96. The Morgan fingerprint density at radius 3 is 2.30 bits per heavy atom. The van der Waals surface area contributed by atoms with E-state index in [-0.39, 0.29) is 42.2 Å². The molecule has 1 aliphatic heterocycles. The molecule has 0 saturated carbocycles. The molecule has 2 rings (SSSR count). The van der Waals surface area contributed by atoms with E-state index in [1.807, 2.05) is 45.9 Å². The molecule has 166 valence electrons. The van der Waals surface area contributed by atoms with Gasteiger partial charge in [0.15, 0.2) is 0 Å². The van der Waals surface area contributed by atoms with E-state index in [4.69, 9.17) is 4.74 Å². The standard InChI is InChI=1S/C23H35N3O4/c1-15(2)17(4)24-23(29)21(25-22(28)19-9-7-6-8-16(19)3)18-10-12-26(13-11-18)20(27)14-30-5/h6-9,15,17-18,21H,10-14H2,1-5H3,(H,24,29)(H,25,28)/t17-,21+/m1/s1. The average molecular weight is 418 g/mol. The number of rotatable bonds is 8. The number of aryl methyl sites for hydroxylation is 1. The maximum Gasteiger partial charge on any atom is 0.252 e. The highest BCUT2D eigenvalue weighted by Crippen LogP contribution is 2.22. The number of carbonyl (C=O) groups excluding carboxylic acids is 3. The molecule has 2 N–H and O–H groups in total. The van der Waals surface area contributed by atoms with Crippen LogP contribution in [-0.2, 0) is 14.3 Å². The van der Waals surface area contributed by atoms with Crippen molar-refractivity contribution in [3.05, 3.63) is 35.4 Å². The summed E-state index contributed by atoms with van der Waals surface area (Å²) in [7, 11) is 1.50. The van der Waals surface area contributed by atoms with Crippen LogP contribution in [0.25, 0.3) is 0 Å². The van der Waals surface area contributed by atoms with Crippen molar-refractivity contribution in [3.63, 3.8) is 0 Å². The Bertz CT molecular complexity index is 742. The van der Waals surface area contributed by atoms with Crippen LogP contribution in [-0.4, -0.2) is 61.5 Å². The van der Waals surface area contributed by atoms with Crippen molar-refractivity contribution in [2.75, 3.05) is 26.8 Å². The summed E-state index contributed by atoms with van der Waals surface area (Å²) in [6.07, 6.45) is 1.30. The molecule has 1 saturated heterocycles. The van der Waals surface area contributed by atoms with E-state index in [9.17, 15) is 14.4 Å². The number of hydrogen-bond donors (Lipinski definition) is 2. The highest BCUT2D eigenvalue weighted by molar-refractivity contribution is 5.98.